The van der Waals surface area contributed by atoms with Crippen LogP contribution in [-0.4, -0.2) is 24.2 Å². The third-order valence-corrected chi connectivity index (χ3v) is 3.15. The third kappa shape index (κ3) is 3.61. The van der Waals surface area contributed by atoms with Crippen molar-refractivity contribution >= 4 is 16.7 Å². The second kappa shape index (κ2) is 6.90. The van der Waals surface area contributed by atoms with Crippen molar-refractivity contribution in [2.75, 3.05) is 13.2 Å². The Morgan fingerprint density at radius 2 is 2.14 bits per heavy atom. The number of aliphatic hydroxyl groups is 1. The number of nitrogens with one attached hydrogen (secondary N) is 1. The maximum Gasteiger partial charge on any atom is 0.258 e. The molecule has 110 valence electrons. The summed E-state index contributed by atoms with van der Waals surface area (Å²) in [6, 6.07) is 11.5. The second-order valence-electron chi connectivity index (χ2n) is 4.76. The Kier molecular flexibility index (Phi) is 4.95. The zero-order valence-corrected chi connectivity index (χ0v) is 12.0. The van der Waals surface area contributed by atoms with Crippen LogP contribution >= 0.6 is 0 Å². The van der Waals surface area contributed by atoms with Crippen LogP contribution in [0.4, 0.5) is 0 Å². The highest BCUT2D eigenvalue weighted by Gasteiger charge is 2.14. The Bertz CT molecular complexity index is 650. The fraction of sp³-hybridized carbons (Fsp3) is 0.235. The van der Waals surface area contributed by atoms with Gasteiger partial charge >= 0.3 is 0 Å². The SMILES string of the molecule is C=CCNC(=O)COc1c([C@H](C)O)ccc2ccccc12. The highest BCUT2D eigenvalue weighted by atomic mass is 16.5. The van der Waals surface area contributed by atoms with Crippen LogP contribution in [0.25, 0.3) is 10.8 Å². The molecule has 0 unspecified atom stereocenters. The molecule has 0 bridgehead atoms. The largest absolute Gasteiger partial charge is 0.483 e. The Hall–Kier alpha value is -2.33. The van der Waals surface area contributed by atoms with Crippen molar-refractivity contribution in [3.63, 3.8) is 0 Å². The van der Waals surface area contributed by atoms with Gasteiger partial charge in [-0.05, 0) is 12.3 Å². The molecule has 4 heteroatoms. The van der Waals surface area contributed by atoms with Gasteiger partial charge in [0.15, 0.2) is 6.61 Å². The lowest BCUT2D eigenvalue weighted by Crippen LogP contribution is -2.29. The van der Waals surface area contributed by atoms with Crippen molar-refractivity contribution in [2.45, 2.75) is 13.0 Å². The number of aliphatic hydroxyl groups excluding tert-OH is 1. The minimum absolute atomic E-state index is 0.0957. The fourth-order valence-corrected chi connectivity index (χ4v) is 2.12. The monoisotopic (exact) mass is 285 g/mol. The van der Waals surface area contributed by atoms with E-state index in [-0.39, 0.29) is 12.5 Å². The Labute approximate surface area is 124 Å². The highest BCUT2D eigenvalue weighted by Crippen LogP contribution is 2.33. The molecule has 1 amide bonds. The van der Waals surface area contributed by atoms with Gasteiger partial charge in [0.05, 0.1) is 6.10 Å². The Morgan fingerprint density at radius 1 is 1.38 bits per heavy atom. The van der Waals surface area contributed by atoms with Gasteiger partial charge in [-0.25, -0.2) is 0 Å². The minimum Gasteiger partial charge on any atom is -0.483 e. The van der Waals surface area contributed by atoms with Gasteiger partial charge in [-0.2, -0.15) is 0 Å². The number of rotatable bonds is 6. The van der Waals surface area contributed by atoms with Gasteiger partial charge in [0.1, 0.15) is 5.75 Å². The average molecular weight is 285 g/mol. The van der Waals surface area contributed by atoms with Crippen LogP contribution in [0.2, 0.25) is 0 Å². The first kappa shape index (κ1) is 15.1. The molecule has 2 N–H and O–H groups in total. The predicted molar refractivity (Wildman–Crippen MR) is 83.3 cm³/mol. The van der Waals surface area contributed by atoms with Crippen molar-refractivity contribution < 1.29 is 14.6 Å². The van der Waals surface area contributed by atoms with Crippen LogP contribution in [0.1, 0.15) is 18.6 Å². The normalized spacial score (nSPS) is 11.9. The van der Waals surface area contributed by atoms with Gasteiger partial charge in [-0.15, -0.1) is 6.58 Å². The molecule has 0 heterocycles. The number of hydrogen-bond acceptors (Lipinski definition) is 3. The molecule has 21 heavy (non-hydrogen) atoms. The number of amides is 1. The molecule has 0 radical (unpaired) electrons. The van der Waals surface area contributed by atoms with Crippen LogP contribution in [0.15, 0.2) is 49.1 Å². The van der Waals surface area contributed by atoms with E-state index in [0.717, 1.165) is 10.8 Å². The molecule has 0 saturated carbocycles. The van der Waals surface area contributed by atoms with Gasteiger partial charge < -0.3 is 15.2 Å². The van der Waals surface area contributed by atoms with Crippen molar-refractivity contribution in [3.8, 4) is 5.75 Å². The Balaban J connectivity index is 2.29. The van der Waals surface area contributed by atoms with Gasteiger partial charge in [-0.1, -0.05) is 42.5 Å². The van der Waals surface area contributed by atoms with Crippen LogP contribution in [0, 0.1) is 0 Å². The van der Waals surface area contributed by atoms with E-state index in [2.05, 4.69) is 11.9 Å². The lowest BCUT2D eigenvalue weighted by molar-refractivity contribution is -0.122. The lowest BCUT2D eigenvalue weighted by Gasteiger charge is -2.16. The fourth-order valence-electron chi connectivity index (χ4n) is 2.12. The zero-order valence-electron chi connectivity index (χ0n) is 12.0. The molecule has 1 atom stereocenters. The first-order chi connectivity index (χ1) is 10.1. The smallest absolute Gasteiger partial charge is 0.258 e. The number of fused-ring (bicyclic) bond motifs is 1. The molecule has 2 aromatic carbocycles. The zero-order chi connectivity index (χ0) is 15.2. The van der Waals surface area contributed by atoms with Crippen LogP contribution < -0.4 is 10.1 Å². The van der Waals surface area contributed by atoms with E-state index in [9.17, 15) is 9.90 Å². The van der Waals surface area contributed by atoms with Gasteiger partial charge in [0, 0.05) is 17.5 Å². The molecule has 0 aliphatic rings. The summed E-state index contributed by atoms with van der Waals surface area (Å²) in [5.74, 6) is 0.330. The summed E-state index contributed by atoms with van der Waals surface area (Å²) in [6.07, 6.45) is 0.942. The first-order valence-corrected chi connectivity index (χ1v) is 6.83. The van der Waals surface area contributed by atoms with Crippen molar-refractivity contribution in [1.29, 1.82) is 0 Å². The molecule has 0 spiro atoms. The summed E-state index contributed by atoms with van der Waals surface area (Å²) in [6.45, 7) is 5.52. The topological polar surface area (TPSA) is 58.6 Å². The van der Waals surface area contributed by atoms with Crippen LogP contribution in [0.5, 0.6) is 5.75 Å². The average Bonchev–Trinajstić information content (AvgIpc) is 2.50. The first-order valence-electron chi connectivity index (χ1n) is 6.83. The van der Waals surface area contributed by atoms with E-state index in [0.29, 0.717) is 17.9 Å². The number of carbonyl (C=O) groups is 1. The summed E-state index contributed by atoms with van der Waals surface area (Å²) < 4.78 is 5.66. The number of ether oxygens (including phenoxy) is 1. The van der Waals surface area contributed by atoms with E-state index < -0.39 is 6.10 Å². The number of hydrogen-bond donors (Lipinski definition) is 2. The van der Waals surface area contributed by atoms with Crippen molar-refractivity contribution in [3.05, 3.63) is 54.6 Å². The maximum atomic E-state index is 11.6. The van der Waals surface area contributed by atoms with Gasteiger partial charge in [0.25, 0.3) is 5.91 Å². The molecule has 0 saturated heterocycles. The molecular weight excluding hydrogens is 266 g/mol. The minimum atomic E-state index is -0.666. The molecular formula is C17H19NO3. The summed E-state index contributed by atoms with van der Waals surface area (Å²) in [7, 11) is 0. The van der Waals surface area contributed by atoms with E-state index in [1.54, 1.807) is 13.0 Å². The summed E-state index contributed by atoms with van der Waals surface area (Å²) in [4.78, 5) is 11.6. The van der Waals surface area contributed by atoms with Crippen LogP contribution in [-0.2, 0) is 4.79 Å². The lowest BCUT2D eigenvalue weighted by atomic mass is 10.0. The maximum absolute atomic E-state index is 11.6. The molecule has 0 fully saturated rings. The summed E-state index contributed by atoms with van der Waals surface area (Å²) in [5.41, 5.74) is 0.672. The van der Waals surface area contributed by atoms with Crippen molar-refractivity contribution in [1.82, 2.24) is 5.32 Å². The summed E-state index contributed by atoms with van der Waals surface area (Å²) in [5, 5.41) is 14.4. The molecule has 2 rings (SSSR count). The van der Waals surface area contributed by atoms with Gasteiger partial charge in [-0.3, -0.25) is 4.79 Å². The van der Waals surface area contributed by atoms with Crippen molar-refractivity contribution in [2.24, 2.45) is 0 Å². The molecule has 0 aliphatic carbocycles. The van der Waals surface area contributed by atoms with E-state index in [1.165, 1.54) is 0 Å². The molecule has 0 aromatic heterocycles. The van der Waals surface area contributed by atoms with Gasteiger partial charge in [0.2, 0.25) is 0 Å². The molecule has 2 aromatic rings. The highest BCUT2D eigenvalue weighted by molar-refractivity contribution is 5.90. The summed E-state index contributed by atoms with van der Waals surface area (Å²) >= 11 is 0. The number of benzene rings is 2. The molecule has 4 nitrogen and oxygen atoms in total. The van der Waals surface area contributed by atoms with E-state index >= 15 is 0 Å². The predicted octanol–water partition coefficient (Wildman–Crippen LogP) is 2.57. The standard InChI is InChI=1S/C17H19NO3/c1-3-10-18-16(20)11-21-17-14(12(2)19)9-8-13-6-4-5-7-15(13)17/h3-9,12,19H,1,10-11H2,2H3,(H,18,20)/t12-/m0/s1. The van der Waals surface area contributed by atoms with E-state index in [1.807, 2.05) is 36.4 Å². The van der Waals surface area contributed by atoms with E-state index in [4.69, 9.17) is 4.74 Å². The van der Waals surface area contributed by atoms with Crippen LogP contribution in [0.3, 0.4) is 0 Å². The third-order valence-electron chi connectivity index (χ3n) is 3.15. The quantitative estimate of drug-likeness (QED) is 0.802. The number of carbonyl (C=O) groups excluding carboxylic acids is 1. The second-order valence-corrected chi connectivity index (χ2v) is 4.76. The molecule has 0 aliphatic heterocycles. The Morgan fingerprint density at radius 3 is 2.86 bits per heavy atom.